The van der Waals surface area contributed by atoms with E-state index in [1.165, 1.54) is 18.2 Å². The number of rotatable bonds is 9. The number of amides is 2. The number of alkyl halides is 2. The second-order valence-corrected chi connectivity index (χ2v) is 8.77. The van der Waals surface area contributed by atoms with Gasteiger partial charge in [-0.3, -0.25) is 4.79 Å². The molecule has 1 saturated carbocycles. The van der Waals surface area contributed by atoms with Gasteiger partial charge in [-0.25, -0.2) is 9.78 Å². The molecular formula is C26H38F2N4O6. The standard InChI is InChI=1S/C20H23F2N3O4.C4H9NO2.C2H6/c21-20(22)29-14-6-5-13(9-15(14)27-11-12-3-4-12)18-24-17(16(10-23)28-18)19(26)25-7-1-2-8-25;1-3(2)7-4(5)6;1-2/h5-6,9,12,20H,1-4,7-8,10-11,23H2;3H,1-2H3,(H2,5,6);1-2H3. The molecule has 0 spiro atoms. The van der Waals surface area contributed by atoms with Crippen LogP contribution in [-0.2, 0) is 11.3 Å². The van der Waals surface area contributed by atoms with E-state index in [-0.39, 0.29) is 41.6 Å². The van der Waals surface area contributed by atoms with Crippen LogP contribution < -0.4 is 20.9 Å². The number of ether oxygens (including phenoxy) is 3. The first-order valence-electron chi connectivity index (χ1n) is 12.8. The summed E-state index contributed by atoms with van der Waals surface area (Å²) in [5.74, 6) is 0.852. The Hall–Kier alpha value is -3.41. The molecule has 0 unspecified atom stereocenters. The molecule has 4 rings (SSSR count). The summed E-state index contributed by atoms with van der Waals surface area (Å²) in [5, 5.41) is 0. The first kappa shape index (κ1) is 30.8. The predicted molar refractivity (Wildman–Crippen MR) is 137 cm³/mol. The minimum atomic E-state index is -2.96. The molecule has 2 aromatic rings. The van der Waals surface area contributed by atoms with Crippen molar-refractivity contribution in [1.29, 1.82) is 0 Å². The maximum Gasteiger partial charge on any atom is 0.404 e. The van der Waals surface area contributed by atoms with Crippen LogP contribution in [0.4, 0.5) is 13.6 Å². The predicted octanol–water partition coefficient (Wildman–Crippen LogP) is 4.94. The fourth-order valence-electron chi connectivity index (χ4n) is 3.52. The van der Waals surface area contributed by atoms with Crippen molar-refractivity contribution in [3.63, 3.8) is 0 Å². The molecule has 12 heteroatoms. The molecule has 2 fully saturated rings. The molecule has 0 atom stereocenters. The Kier molecular flexibility index (Phi) is 12.3. The van der Waals surface area contributed by atoms with E-state index >= 15 is 0 Å². The summed E-state index contributed by atoms with van der Waals surface area (Å²) >= 11 is 0. The second-order valence-electron chi connectivity index (χ2n) is 8.77. The molecule has 212 valence electrons. The van der Waals surface area contributed by atoms with E-state index in [2.05, 4.69) is 20.2 Å². The SMILES string of the molecule is CC.CC(C)OC(N)=O.NCc1oc(-c2ccc(OC(F)F)c(OCC3CC3)c2)nc1C(=O)N1CCCC1. The van der Waals surface area contributed by atoms with Crippen molar-refractivity contribution in [2.45, 2.75) is 72.6 Å². The molecule has 1 aliphatic carbocycles. The first-order valence-corrected chi connectivity index (χ1v) is 12.8. The Morgan fingerprint density at radius 1 is 1.16 bits per heavy atom. The fourth-order valence-corrected chi connectivity index (χ4v) is 3.52. The quantitative estimate of drug-likeness (QED) is 0.455. The van der Waals surface area contributed by atoms with Crippen LogP contribution in [0.25, 0.3) is 11.5 Å². The zero-order chi connectivity index (χ0) is 28.2. The van der Waals surface area contributed by atoms with Gasteiger partial charge < -0.3 is 35.0 Å². The van der Waals surface area contributed by atoms with Gasteiger partial charge in [0.1, 0.15) is 0 Å². The Bertz CT molecular complexity index is 1040. The second kappa shape index (κ2) is 15.1. The third-order valence-corrected chi connectivity index (χ3v) is 5.41. The lowest BCUT2D eigenvalue weighted by atomic mass is 10.2. The number of nitrogens with two attached hydrogens (primary N) is 2. The first-order chi connectivity index (χ1) is 18.2. The van der Waals surface area contributed by atoms with Gasteiger partial charge in [-0.15, -0.1) is 0 Å². The van der Waals surface area contributed by atoms with Crippen molar-refractivity contribution in [3.05, 3.63) is 29.7 Å². The van der Waals surface area contributed by atoms with Crippen LogP contribution in [0, 0.1) is 5.92 Å². The molecule has 4 N–H and O–H groups in total. The highest BCUT2D eigenvalue weighted by Crippen LogP contribution is 2.36. The molecule has 1 aromatic heterocycles. The topological polar surface area (TPSA) is 143 Å². The monoisotopic (exact) mass is 540 g/mol. The van der Waals surface area contributed by atoms with Gasteiger partial charge in [0.05, 0.1) is 19.3 Å². The molecule has 38 heavy (non-hydrogen) atoms. The highest BCUT2D eigenvalue weighted by Gasteiger charge is 2.27. The minimum Gasteiger partial charge on any atom is -0.489 e. The fraction of sp³-hybridized carbons (Fsp3) is 0.577. The molecule has 2 amide bonds. The van der Waals surface area contributed by atoms with E-state index in [0.29, 0.717) is 36.9 Å². The lowest BCUT2D eigenvalue weighted by Crippen LogP contribution is -2.29. The van der Waals surface area contributed by atoms with E-state index in [0.717, 1.165) is 25.7 Å². The molecular weight excluding hydrogens is 502 g/mol. The third-order valence-electron chi connectivity index (χ3n) is 5.41. The zero-order valence-corrected chi connectivity index (χ0v) is 22.4. The van der Waals surface area contributed by atoms with Gasteiger partial charge in [-0.2, -0.15) is 8.78 Å². The van der Waals surface area contributed by atoms with Crippen LogP contribution >= 0.6 is 0 Å². The summed E-state index contributed by atoms with van der Waals surface area (Å²) in [6.45, 7) is 6.35. The maximum absolute atomic E-state index is 12.7. The van der Waals surface area contributed by atoms with Gasteiger partial charge in [0.15, 0.2) is 23.0 Å². The number of carbonyl (C=O) groups is 2. The van der Waals surface area contributed by atoms with E-state index < -0.39 is 12.7 Å². The summed E-state index contributed by atoms with van der Waals surface area (Å²) in [5.41, 5.74) is 11.1. The number of oxazole rings is 1. The van der Waals surface area contributed by atoms with Crippen molar-refractivity contribution in [3.8, 4) is 23.0 Å². The smallest absolute Gasteiger partial charge is 0.404 e. The maximum atomic E-state index is 12.7. The van der Waals surface area contributed by atoms with Crippen molar-refractivity contribution in [2.24, 2.45) is 17.4 Å². The van der Waals surface area contributed by atoms with Gasteiger partial charge in [0, 0.05) is 18.7 Å². The molecule has 0 radical (unpaired) electrons. The molecule has 1 saturated heterocycles. The van der Waals surface area contributed by atoms with E-state index in [1.54, 1.807) is 18.7 Å². The van der Waals surface area contributed by atoms with Crippen molar-refractivity contribution in [2.75, 3.05) is 19.7 Å². The van der Waals surface area contributed by atoms with Crippen LogP contribution in [0.15, 0.2) is 22.6 Å². The van der Waals surface area contributed by atoms with Gasteiger partial charge in [-0.05, 0) is 63.6 Å². The van der Waals surface area contributed by atoms with E-state index in [9.17, 15) is 18.4 Å². The Labute approximate surface area is 221 Å². The van der Waals surface area contributed by atoms with Crippen LogP contribution in [0.2, 0.25) is 0 Å². The number of aromatic nitrogens is 1. The third kappa shape index (κ3) is 9.47. The summed E-state index contributed by atoms with van der Waals surface area (Å²) in [4.78, 5) is 28.6. The van der Waals surface area contributed by atoms with Crippen molar-refractivity contribution in [1.82, 2.24) is 9.88 Å². The molecule has 1 aromatic carbocycles. The van der Waals surface area contributed by atoms with Crippen LogP contribution in [0.1, 0.15) is 69.6 Å². The Morgan fingerprint density at radius 3 is 2.32 bits per heavy atom. The molecule has 10 nitrogen and oxygen atoms in total. The molecule has 1 aliphatic heterocycles. The summed E-state index contributed by atoms with van der Waals surface area (Å²) in [7, 11) is 0. The number of benzene rings is 1. The summed E-state index contributed by atoms with van der Waals surface area (Å²) in [6.07, 6.45) is 3.23. The van der Waals surface area contributed by atoms with E-state index in [1.807, 2.05) is 13.8 Å². The number of halogens is 2. The number of carbonyl (C=O) groups excluding carboxylic acids is 2. The largest absolute Gasteiger partial charge is 0.489 e. The summed E-state index contributed by atoms with van der Waals surface area (Å²) in [6, 6.07) is 4.46. The van der Waals surface area contributed by atoms with Crippen molar-refractivity contribution < 1.29 is 37.0 Å². The lowest BCUT2D eigenvalue weighted by molar-refractivity contribution is -0.0515. The Balaban J connectivity index is 0.000000491. The van der Waals surface area contributed by atoms with Gasteiger partial charge >= 0.3 is 12.7 Å². The zero-order valence-electron chi connectivity index (χ0n) is 22.4. The molecule has 2 heterocycles. The van der Waals surface area contributed by atoms with Gasteiger partial charge in [-0.1, -0.05) is 13.8 Å². The number of nitrogens with zero attached hydrogens (tertiary/aromatic N) is 2. The average Bonchev–Trinajstić information content (AvgIpc) is 3.35. The van der Waals surface area contributed by atoms with Crippen LogP contribution in [0.5, 0.6) is 11.5 Å². The number of hydrogen-bond acceptors (Lipinski definition) is 8. The normalized spacial score (nSPS) is 14.4. The van der Waals surface area contributed by atoms with Gasteiger partial charge in [0.2, 0.25) is 5.89 Å². The highest BCUT2D eigenvalue weighted by atomic mass is 19.3. The highest BCUT2D eigenvalue weighted by molar-refractivity contribution is 5.94. The van der Waals surface area contributed by atoms with Crippen LogP contribution in [0.3, 0.4) is 0 Å². The van der Waals surface area contributed by atoms with Gasteiger partial charge in [0.25, 0.3) is 5.91 Å². The van der Waals surface area contributed by atoms with Crippen molar-refractivity contribution >= 4 is 12.0 Å². The number of hydrogen-bond donors (Lipinski definition) is 2. The molecule has 2 aliphatic rings. The van der Waals surface area contributed by atoms with E-state index in [4.69, 9.17) is 14.9 Å². The molecule has 0 bridgehead atoms. The Morgan fingerprint density at radius 2 is 1.82 bits per heavy atom. The summed E-state index contributed by atoms with van der Waals surface area (Å²) < 4.78 is 45.8. The number of likely N-dealkylation sites (tertiary alicyclic amines) is 1. The lowest BCUT2D eigenvalue weighted by Gasteiger charge is -2.13. The number of primary amides is 1. The minimum absolute atomic E-state index is 0.0273. The van der Waals surface area contributed by atoms with Crippen LogP contribution in [-0.4, -0.2) is 54.3 Å². The average molecular weight is 541 g/mol.